The molecular formula is C21H21ClN2O4. The van der Waals surface area contributed by atoms with E-state index in [9.17, 15) is 14.4 Å². The first-order chi connectivity index (χ1) is 13.2. The Morgan fingerprint density at radius 2 is 1.68 bits per heavy atom. The van der Waals surface area contributed by atoms with E-state index in [1.807, 2.05) is 0 Å². The Bertz CT molecular complexity index is 901. The lowest BCUT2D eigenvalue weighted by Crippen LogP contribution is -2.42. The van der Waals surface area contributed by atoms with Gasteiger partial charge >= 0.3 is 6.09 Å². The zero-order chi connectivity index (χ0) is 20.5. The monoisotopic (exact) mass is 400 g/mol. The number of halogens is 1. The second-order valence-electron chi connectivity index (χ2n) is 7.48. The van der Waals surface area contributed by atoms with Gasteiger partial charge in [-0.1, -0.05) is 35.9 Å². The molecule has 0 bridgehead atoms. The molecule has 0 fully saturated rings. The number of alkyl carbamates (subject to hydrolysis) is 1. The van der Waals surface area contributed by atoms with Crippen LogP contribution in [0.2, 0.25) is 5.02 Å². The van der Waals surface area contributed by atoms with Crippen LogP contribution in [-0.2, 0) is 4.74 Å². The molecule has 0 saturated carbocycles. The van der Waals surface area contributed by atoms with Crippen molar-refractivity contribution in [2.45, 2.75) is 32.4 Å². The van der Waals surface area contributed by atoms with Crippen molar-refractivity contribution >= 4 is 29.5 Å². The minimum Gasteiger partial charge on any atom is -0.444 e. The molecule has 3 rings (SSSR count). The van der Waals surface area contributed by atoms with Crippen LogP contribution in [0.15, 0.2) is 48.5 Å². The Hall–Kier alpha value is -2.86. The minimum atomic E-state index is -0.724. The fourth-order valence-electron chi connectivity index (χ4n) is 3.06. The fourth-order valence-corrected chi connectivity index (χ4v) is 3.26. The molecule has 6 nitrogen and oxygen atoms in total. The van der Waals surface area contributed by atoms with Crippen LogP contribution in [-0.4, -0.2) is 35.0 Å². The summed E-state index contributed by atoms with van der Waals surface area (Å²) < 4.78 is 5.26. The number of hydrogen-bond donors (Lipinski definition) is 1. The summed E-state index contributed by atoms with van der Waals surface area (Å²) in [5.74, 6) is -0.812. The van der Waals surface area contributed by atoms with Gasteiger partial charge in [-0.25, -0.2) is 4.79 Å². The van der Waals surface area contributed by atoms with Gasteiger partial charge in [-0.2, -0.15) is 0 Å². The number of imide groups is 1. The van der Waals surface area contributed by atoms with Gasteiger partial charge in [-0.05, 0) is 50.6 Å². The summed E-state index contributed by atoms with van der Waals surface area (Å²) in [5, 5.41) is 3.12. The van der Waals surface area contributed by atoms with Crippen molar-refractivity contribution < 1.29 is 19.1 Å². The second kappa shape index (κ2) is 7.64. The second-order valence-corrected chi connectivity index (χ2v) is 7.92. The lowest BCUT2D eigenvalue weighted by molar-refractivity contribution is 0.0467. The Labute approximate surface area is 168 Å². The zero-order valence-electron chi connectivity index (χ0n) is 15.9. The summed E-state index contributed by atoms with van der Waals surface area (Å²) in [5.41, 5.74) is 0.664. The van der Waals surface area contributed by atoms with Gasteiger partial charge in [0.1, 0.15) is 5.60 Å². The third kappa shape index (κ3) is 4.17. The van der Waals surface area contributed by atoms with Gasteiger partial charge in [0.2, 0.25) is 0 Å². The Morgan fingerprint density at radius 3 is 2.21 bits per heavy atom. The summed E-state index contributed by atoms with van der Waals surface area (Å²) in [7, 11) is 0. The molecule has 0 radical (unpaired) electrons. The SMILES string of the molecule is CC(C)(C)OC(=O)NC[C@H](c1cccc(Cl)c1)N1C(=O)c2ccccc2C1=O. The van der Waals surface area contributed by atoms with Gasteiger partial charge in [0.05, 0.1) is 17.2 Å². The van der Waals surface area contributed by atoms with E-state index in [4.69, 9.17) is 16.3 Å². The van der Waals surface area contributed by atoms with Crippen molar-refractivity contribution in [1.29, 1.82) is 0 Å². The number of hydrogen-bond acceptors (Lipinski definition) is 4. The lowest BCUT2D eigenvalue weighted by atomic mass is 10.1. The van der Waals surface area contributed by atoms with E-state index in [0.29, 0.717) is 21.7 Å². The average molecular weight is 401 g/mol. The van der Waals surface area contributed by atoms with E-state index < -0.39 is 29.6 Å². The molecule has 0 saturated heterocycles. The molecule has 1 atom stereocenters. The summed E-state index contributed by atoms with van der Waals surface area (Å²) in [6.45, 7) is 5.27. The van der Waals surface area contributed by atoms with Crippen LogP contribution in [0.1, 0.15) is 53.1 Å². The summed E-state index contributed by atoms with van der Waals surface area (Å²) >= 11 is 6.11. The van der Waals surface area contributed by atoms with Gasteiger partial charge in [0, 0.05) is 11.6 Å². The Balaban J connectivity index is 1.91. The van der Waals surface area contributed by atoms with Crippen LogP contribution >= 0.6 is 11.6 Å². The molecule has 0 aromatic heterocycles. The normalized spacial score (nSPS) is 14.6. The highest BCUT2D eigenvalue weighted by Crippen LogP contribution is 2.32. The zero-order valence-corrected chi connectivity index (χ0v) is 16.6. The summed E-state index contributed by atoms with van der Waals surface area (Å²) in [6.07, 6.45) is -0.629. The maximum Gasteiger partial charge on any atom is 0.407 e. The predicted molar refractivity (Wildman–Crippen MR) is 105 cm³/mol. The molecule has 7 heteroatoms. The first-order valence-corrected chi connectivity index (χ1v) is 9.24. The number of carbonyl (C=O) groups excluding carboxylic acids is 3. The minimum absolute atomic E-state index is 0.000718. The quantitative estimate of drug-likeness (QED) is 0.780. The number of amides is 3. The first kappa shape index (κ1) is 19.9. The lowest BCUT2D eigenvalue weighted by Gasteiger charge is -2.28. The molecule has 28 heavy (non-hydrogen) atoms. The van der Waals surface area contributed by atoms with Crippen LogP contribution in [0, 0.1) is 0 Å². The first-order valence-electron chi connectivity index (χ1n) is 8.86. The van der Waals surface area contributed by atoms with Crippen LogP contribution < -0.4 is 5.32 Å². The van der Waals surface area contributed by atoms with Crippen molar-refractivity contribution in [3.8, 4) is 0 Å². The highest BCUT2D eigenvalue weighted by molar-refractivity contribution is 6.30. The standard InChI is InChI=1S/C21H21ClN2O4/c1-21(2,3)28-20(27)23-12-17(13-7-6-8-14(22)11-13)24-18(25)15-9-4-5-10-16(15)19(24)26/h4-11,17H,12H2,1-3H3,(H,23,27)/t17-/m1/s1. The third-order valence-electron chi connectivity index (χ3n) is 4.21. The van der Waals surface area contributed by atoms with E-state index in [0.717, 1.165) is 4.90 Å². The number of benzene rings is 2. The molecule has 0 aliphatic carbocycles. The number of nitrogens with zero attached hydrogens (tertiary/aromatic N) is 1. The van der Waals surface area contributed by atoms with Gasteiger partial charge < -0.3 is 10.1 Å². The van der Waals surface area contributed by atoms with Crippen molar-refractivity contribution in [3.63, 3.8) is 0 Å². The fraction of sp³-hybridized carbons (Fsp3) is 0.286. The molecule has 0 spiro atoms. The van der Waals surface area contributed by atoms with E-state index >= 15 is 0 Å². The van der Waals surface area contributed by atoms with Crippen LogP contribution in [0.3, 0.4) is 0 Å². The van der Waals surface area contributed by atoms with Crippen LogP contribution in [0.5, 0.6) is 0 Å². The molecular weight excluding hydrogens is 380 g/mol. The molecule has 0 unspecified atom stereocenters. The van der Waals surface area contributed by atoms with E-state index in [1.165, 1.54) is 0 Å². The number of fused-ring (bicyclic) bond motifs is 1. The van der Waals surface area contributed by atoms with Crippen LogP contribution in [0.25, 0.3) is 0 Å². The molecule has 1 N–H and O–H groups in total. The smallest absolute Gasteiger partial charge is 0.407 e. The van der Waals surface area contributed by atoms with Gasteiger partial charge in [0.25, 0.3) is 11.8 Å². The summed E-state index contributed by atoms with van der Waals surface area (Å²) in [4.78, 5) is 39.1. The molecule has 146 valence electrons. The van der Waals surface area contributed by atoms with Gasteiger partial charge in [-0.15, -0.1) is 0 Å². The van der Waals surface area contributed by atoms with Crippen molar-refractivity contribution in [3.05, 3.63) is 70.2 Å². The van der Waals surface area contributed by atoms with Gasteiger partial charge in [0.15, 0.2) is 0 Å². The Kier molecular flexibility index (Phi) is 5.42. The Morgan fingerprint density at radius 1 is 1.07 bits per heavy atom. The number of nitrogens with one attached hydrogen (secondary N) is 1. The van der Waals surface area contributed by atoms with E-state index in [1.54, 1.807) is 69.3 Å². The predicted octanol–water partition coefficient (Wildman–Crippen LogP) is 4.20. The number of rotatable bonds is 4. The molecule has 1 heterocycles. The topological polar surface area (TPSA) is 75.7 Å². The van der Waals surface area contributed by atoms with E-state index in [-0.39, 0.29) is 6.54 Å². The largest absolute Gasteiger partial charge is 0.444 e. The van der Waals surface area contributed by atoms with E-state index in [2.05, 4.69) is 5.32 Å². The highest BCUT2D eigenvalue weighted by atomic mass is 35.5. The molecule has 2 aromatic carbocycles. The van der Waals surface area contributed by atoms with Crippen molar-refractivity contribution in [1.82, 2.24) is 10.2 Å². The van der Waals surface area contributed by atoms with Crippen molar-refractivity contribution in [2.24, 2.45) is 0 Å². The third-order valence-corrected chi connectivity index (χ3v) is 4.44. The maximum absolute atomic E-state index is 12.9. The molecule has 1 aliphatic rings. The molecule has 2 aromatic rings. The maximum atomic E-state index is 12.9. The van der Waals surface area contributed by atoms with Gasteiger partial charge in [-0.3, -0.25) is 14.5 Å². The molecule has 3 amide bonds. The van der Waals surface area contributed by atoms with Crippen molar-refractivity contribution in [2.75, 3.05) is 6.54 Å². The highest BCUT2D eigenvalue weighted by Gasteiger charge is 2.40. The average Bonchev–Trinajstić information content (AvgIpc) is 2.86. The number of carbonyl (C=O) groups is 3. The number of ether oxygens (including phenoxy) is 1. The summed E-state index contributed by atoms with van der Waals surface area (Å²) in [6, 6.07) is 12.8. The molecule has 1 aliphatic heterocycles. The van der Waals surface area contributed by atoms with Crippen LogP contribution in [0.4, 0.5) is 4.79 Å².